The van der Waals surface area contributed by atoms with Crippen LogP contribution in [0.25, 0.3) is 0 Å². The summed E-state index contributed by atoms with van der Waals surface area (Å²) in [7, 11) is 0. The van der Waals surface area contributed by atoms with E-state index in [1.807, 2.05) is 52.8 Å². The number of esters is 1. The average molecular weight is 473 g/mol. The number of rotatable bonds is 3. The highest BCUT2D eigenvalue weighted by molar-refractivity contribution is 14.1. The van der Waals surface area contributed by atoms with Crippen molar-refractivity contribution in [3.8, 4) is 0 Å². The maximum atomic E-state index is 12.5. The fourth-order valence-electron chi connectivity index (χ4n) is 3.08. The van der Waals surface area contributed by atoms with E-state index in [1.165, 1.54) is 0 Å². The second kappa shape index (κ2) is 8.15. The summed E-state index contributed by atoms with van der Waals surface area (Å²) in [5.41, 5.74) is -0.509. The van der Waals surface area contributed by atoms with Crippen LogP contribution in [0.1, 0.15) is 57.8 Å². The van der Waals surface area contributed by atoms with Gasteiger partial charge in [0.25, 0.3) is 0 Å². The van der Waals surface area contributed by atoms with E-state index < -0.39 is 11.2 Å². The molecule has 1 fully saturated rings. The van der Waals surface area contributed by atoms with Crippen molar-refractivity contribution in [2.75, 3.05) is 13.1 Å². The summed E-state index contributed by atoms with van der Waals surface area (Å²) in [4.78, 5) is 26.4. The maximum absolute atomic E-state index is 12.5. The Morgan fingerprint density at radius 3 is 2.23 bits per heavy atom. The topological polar surface area (TPSA) is 55.8 Å². The summed E-state index contributed by atoms with van der Waals surface area (Å²) in [5.74, 6) is -0.101. The summed E-state index contributed by atoms with van der Waals surface area (Å²) >= 11 is 2.18. The van der Waals surface area contributed by atoms with Crippen LogP contribution in [0.5, 0.6) is 0 Å². The second-order valence-corrected chi connectivity index (χ2v) is 9.49. The predicted molar refractivity (Wildman–Crippen MR) is 109 cm³/mol. The van der Waals surface area contributed by atoms with E-state index in [2.05, 4.69) is 22.6 Å². The summed E-state index contributed by atoms with van der Waals surface area (Å²) in [5, 5.41) is 0. The molecule has 1 aliphatic heterocycles. The number of hydrogen-bond acceptors (Lipinski definition) is 4. The number of halogens is 1. The quantitative estimate of drug-likeness (QED) is 0.464. The predicted octanol–water partition coefficient (Wildman–Crippen LogP) is 4.87. The van der Waals surface area contributed by atoms with Gasteiger partial charge in [-0.3, -0.25) is 0 Å². The van der Waals surface area contributed by atoms with Gasteiger partial charge in [-0.15, -0.1) is 0 Å². The molecule has 6 heteroatoms. The molecule has 5 nitrogen and oxygen atoms in total. The highest BCUT2D eigenvalue weighted by Gasteiger charge is 2.37. The summed E-state index contributed by atoms with van der Waals surface area (Å²) in [6, 6.07) is 7.38. The lowest BCUT2D eigenvalue weighted by atomic mass is 9.83. The lowest BCUT2D eigenvalue weighted by Crippen LogP contribution is -2.47. The molecule has 144 valence electrons. The Hall–Kier alpha value is -1.31. The smallest absolute Gasteiger partial charge is 0.410 e. The lowest BCUT2D eigenvalue weighted by Gasteiger charge is -2.40. The largest absolute Gasteiger partial charge is 0.456 e. The highest BCUT2D eigenvalue weighted by atomic mass is 127. The van der Waals surface area contributed by atoms with E-state index in [0.29, 0.717) is 18.7 Å². The first-order valence-corrected chi connectivity index (χ1v) is 10.0. The zero-order chi connectivity index (χ0) is 19.5. The van der Waals surface area contributed by atoms with E-state index in [4.69, 9.17) is 9.47 Å². The molecular formula is C20H28INO4. The van der Waals surface area contributed by atoms with Crippen LogP contribution < -0.4 is 0 Å². The van der Waals surface area contributed by atoms with E-state index >= 15 is 0 Å². The van der Waals surface area contributed by atoms with Gasteiger partial charge in [-0.05, 0) is 88.3 Å². The van der Waals surface area contributed by atoms with Crippen molar-refractivity contribution in [3.63, 3.8) is 0 Å². The SMILES string of the molecule is CC(C)(C)OC(=O)N1CCC(C(C)(C)OC(=O)c2cccc(I)c2)CC1. The molecule has 0 aliphatic carbocycles. The van der Waals surface area contributed by atoms with Gasteiger partial charge in [0.1, 0.15) is 11.2 Å². The zero-order valence-electron chi connectivity index (χ0n) is 16.2. The number of amides is 1. The molecule has 0 atom stereocenters. The standard InChI is InChI=1S/C20H28INO4/c1-19(2,3)26-18(24)22-11-9-15(10-12-22)20(4,5)25-17(23)14-7-6-8-16(21)13-14/h6-8,13,15H,9-12H2,1-5H3. The molecule has 26 heavy (non-hydrogen) atoms. The number of ether oxygens (including phenoxy) is 2. The normalized spacial score (nSPS) is 16.3. The van der Waals surface area contributed by atoms with Crippen LogP contribution in [-0.2, 0) is 9.47 Å². The Morgan fingerprint density at radius 2 is 1.69 bits per heavy atom. The zero-order valence-corrected chi connectivity index (χ0v) is 18.3. The Bertz CT molecular complexity index is 658. The van der Waals surface area contributed by atoms with Crippen LogP contribution in [0.3, 0.4) is 0 Å². The molecule has 1 amide bonds. The summed E-state index contributed by atoms with van der Waals surface area (Å²) in [6.07, 6.45) is 1.29. The van der Waals surface area contributed by atoms with E-state index in [1.54, 1.807) is 11.0 Å². The van der Waals surface area contributed by atoms with Crippen molar-refractivity contribution in [3.05, 3.63) is 33.4 Å². The fraction of sp³-hybridized carbons (Fsp3) is 0.600. The number of carbonyl (C=O) groups excluding carboxylic acids is 2. The number of carbonyl (C=O) groups is 2. The van der Waals surface area contributed by atoms with Crippen LogP contribution in [0.15, 0.2) is 24.3 Å². The fourth-order valence-corrected chi connectivity index (χ4v) is 3.62. The van der Waals surface area contributed by atoms with E-state index in [-0.39, 0.29) is 18.0 Å². The third-order valence-corrected chi connectivity index (χ3v) is 5.22. The van der Waals surface area contributed by atoms with Gasteiger partial charge in [0, 0.05) is 22.6 Å². The molecule has 0 N–H and O–H groups in total. The van der Waals surface area contributed by atoms with Crippen LogP contribution in [0, 0.1) is 9.49 Å². The van der Waals surface area contributed by atoms with Crippen molar-refractivity contribution in [1.29, 1.82) is 0 Å². The van der Waals surface area contributed by atoms with Gasteiger partial charge in [0.15, 0.2) is 0 Å². The second-order valence-electron chi connectivity index (χ2n) is 8.24. The van der Waals surface area contributed by atoms with Crippen molar-refractivity contribution in [1.82, 2.24) is 4.90 Å². The first-order chi connectivity index (χ1) is 12.0. The van der Waals surface area contributed by atoms with Crippen molar-refractivity contribution >= 4 is 34.7 Å². The minimum absolute atomic E-state index is 0.202. The van der Waals surface area contributed by atoms with Gasteiger partial charge >= 0.3 is 12.1 Å². The van der Waals surface area contributed by atoms with Gasteiger partial charge in [-0.2, -0.15) is 0 Å². The molecule has 1 heterocycles. The molecule has 1 aliphatic rings. The first-order valence-electron chi connectivity index (χ1n) is 8.95. The molecule has 0 aromatic heterocycles. The first kappa shape index (κ1) is 21.0. The number of hydrogen-bond donors (Lipinski definition) is 0. The third-order valence-electron chi connectivity index (χ3n) is 4.55. The number of likely N-dealkylation sites (tertiary alicyclic amines) is 1. The molecule has 0 radical (unpaired) electrons. The highest BCUT2D eigenvalue weighted by Crippen LogP contribution is 2.32. The van der Waals surface area contributed by atoms with Crippen molar-refractivity contribution < 1.29 is 19.1 Å². The van der Waals surface area contributed by atoms with Crippen molar-refractivity contribution in [2.45, 2.75) is 58.7 Å². The van der Waals surface area contributed by atoms with Crippen molar-refractivity contribution in [2.24, 2.45) is 5.92 Å². The van der Waals surface area contributed by atoms with Crippen LogP contribution in [-0.4, -0.2) is 41.3 Å². The van der Waals surface area contributed by atoms with Gasteiger partial charge in [-0.1, -0.05) is 6.07 Å². The summed E-state index contributed by atoms with van der Waals surface area (Å²) < 4.78 is 12.3. The number of piperidine rings is 1. The van der Waals surface area contributed by atoms with Crippen LogP contribution >= 0.6 is 22.6 Å². The lowest BCUT2D eigenvalue weighted by molar-refractivity contribution is -0.0478. The molecule has 0 bridgehead atoms. The minimum atomic E-state index is -0.585. The maximum Gasteiger partial charge on any atom is 0.410 e. The Kier molecular flexibility index (Phi) is 6.58. The number of benzene rings is 1. The average Bonchev–Trinajstić information content (AvgIpc) is 2.53. The van der Waals surface area contributed by atoms with E-state index in [9.17, 15) is 9.59 Å². The Morgan fingerprint density at radius 1 is 1.08 bits per heavy atom. The van der Waals surface area contributed by atoms with Gasteiger partial charge in [0.2, 0.25) is 0 Å². The molecule has 0 spiro atoms. The van der Waals surface area contributed by atoms with Gasteiger partial charge < -0.3 is 14.4 Å². The van der Waals surface area contributed by atoms with Crippen LogP contribution in [0.4, 0.5) is 4.79 Å². The molecule has 0 saturated carbocycles. The molecule has 1 saturated heterocycles. The monoisotopic (exact) mass is 473 g/mol. The number of nitrogens with zero attached hydrogens (tertiary/aromatic N) is 1. The molecule has 0 unspecified atom stereocenters. The molecular weight excluding hydrogens is 445 g/mol. The Labute approximate surface area is 169 Å². The van der Waals surface area contributed by atoms with Gasteiger partial charge in [-0.25, -0.2) is 9.59 Å². The van der Waals surface area contributed by atoms with E-state index in [0.717, 1.165) is 16.4 Å². The minimum Gasteiger partial charge on any atom is -0.456 e. The molecule has 2 rings (SSSR count). The van der Waals surface area contributed by atoms with Gasteiger partial charge in [0.05, 0.1) is 5.56 Å². The summed E-state index contributed by atoms with van der Waals surface area (Å²) in [6.45, 7) is 10.7. The molecule has 1 aromatic carbocycles. The third kappa shape index (κ3) is 5.86. The van der Waals surface area contributed by atoms with Crippen LogP contribution in [0.2, 0.25) is 0 Å². The molecule has 1 aromatic rings. The Balaban J connectivity index is 1.93.